The number of nitrogens with one attached hydrogen (secondary N) is 1. The molecule has 1 N–H and O–H groups in total. The molecule has 0 aliphatic heterocycles. The minimum absolute atomic E-state index is 0.0517. The van der Waals surface area contributed by atoms with Crippen LogP contribution in [0.4, 0.5) is 0 Å². The van der Waals surface area contributed by atoms with E-state index in [0.29, 0.717) is 11.6 Å². The second-order valence-corrected chi connectivity index (χ2v) is 7.61. The van der Waals surface area contributed by atoms with E-state index in [1.54, 1.807) is 31.1 Å². The molecule has 2 atom stereocenters. The van der Waals surface area contributed by atoms with Crippen molar-refractivity contribution in [2.24, 2.45) is 0 Å². The lowest BCUT2D eigenvalue weighted by Gasteiger charge is -2.30. The van der Waals surface area contributed by atoms with Gasteiger partial charge in [0.1, 0.15) is 11.8 Å². The molecule has 0 aliphatic carbocycles. The summed E-state index contributed by atoms with van der Waals surface area (Å²) in [6, 6.07) is 14.2. The topological polar surface area (TPSA) is 58.6 Å². The van der Waals surface area contributed by atoms with Crippen molar-refractivity contribution in [2.75, 3.05) is 7.11 Å². The molecule has 0 bridgehead atoms. The van der Waals surface area contributed by atoms with Gasteiger partial charge in [0.2, 0.25) is 11.8 Å². The van der Waals surface area contributed by atoms with E-state index in [4.69, 9.17) is 16.3 Å². The van der Waals surface area contributed by atoms with E-state index in [2.05, 4.69) is 5.32 Å². The van der Waals surface area contributed by atoms with Gasteiger partial charge in [-0.15, -0.1) is 0 Å². The molecule has 29 heavy (non-hydrogen) atoms. The molecule has 0 aromatic heterocycles. The third-order valence-corrected chi connectivity index (χ3v) is 5.16. The van der Waals surface area contributed by atoms with Crippen LogP contribution >= 0.6 is 11.6 Å². The maximum atomic E-state index is 13.1. The van der Waals surface area contributed by atoms with Gasteiger partial charge in [-0.2, -0.15) is 0 Å². The van der Waals surface area contributed by atoms with Crippen molar-refractivity contribution in [2.45, 2.75) is 52.2 Å². The van der Waals surface area contributed by atoms with Gasteiger partial charge in [0, 0.05) is 17.6 Å². The number of amides is 2. The zero-order valence-electron chi connectivity index (χ0n) is 17.4. The van der Waals surface area contributed by atoms with Crippen LogP contribution in [0.15, 0.2) is 48.5 Å². The highest BCUT2D eigenvalue weighted by molar-refractivity contribution is 6.30. The summed E-state index contributed by atoms with van der Waals surface area (Å²) in [5.74, 6) is 0.454. The quantitative estimate of drug-likeness (QED) is 0.665. The Bertz CT molecular complexity index is 823. The minimum Gasteiger partial charge on any atom is -0.497 e. The third kappa shape index (κ3) is 6.79. The van der Waals surface area contributed by atoms with Crippen LogP contribution in [-0.4, -0.2) is 35.9 Å². The van der Waals surface area contributed by atoms with Gasteiger partial charge in [-0.3, -0.25) is 9.59 Å². The van der Waals surface area contributed by atoms with Crippen molar-refractivity contribution in [1.82, 2.24) is 10.2 Å². The maximum absolute atomic E-state index is 13.1. The van der Waals surface area contributed by atoms with Crippen LogP contribution in [0.25, 0.3) is 0 Å². The molecule has 2 aromatic rings. The molecule has 5 nitrogen and oxygen atoms in total. The molecule has 0 saturated heterocycles. The fourth-order valence-corrected chi connectivity index (χ4v) is 3.11. The smallest absolute Gasteiger partial charge is 0.242 e. The van der Waals surface area contributed by atoms with Crippen molar-refractivity contribution >= 4 is 23.4 Å². The number of rotatable bonds is 9. The second kappa shape index (κ2) is 10.9. The van der Waals surface area contributed by atoms with Crippen LogP contribution in [0, 0.1) is 0 Å². The zero-order chi connectivity index (χ0) is 21.4. The number of carbonyl (C=O) groups excluding carboxylic acids is 2. The molecule has 0 heterocycles. The minimum atomic E-state index is -0.599. The predicted octanol–water partition coefficient (Wildman–Crippen LogP) is 4.22. The Hall–Kier alpha value is -2.53. The standard InChI is InChI=1S/C23H29ClN2O3/c1-5-16(2)25-23(28)17(3)26(15-18-9-11-21(29-4)12-10-18)22(27)14-19-7-6-8-20(24)13-19/h6-13,16-17H,5,14-15H2,1-4H3,(H,25,28)/t16-,17-/m1/s1. The monoisotopic (exact) mass is 416 g/mol. The van der Waals surface area contributed by atoms with Crippen LogP contribution in [-0.2, 0) is 22.6 Å². The number of benzene rings is 2. The van der Waals surface area contributed by atoms with E-state index in [-0.39, 0.29) is 24.3 Å². The van der Waals surface area contributed by atoms with Crippen LogP contribution in [0.2, 0.25) is 5.02 Å². The van der Waals surface area contributed by atoms with Gasteiger partial charge in [0.05, 0.1) is 13.5 Å². The number of methoxy groups -OCH3 is 1. The number of ether oxygens (including phenoxy) is 1. The van der Waals surface area contributed by atoms with E-state index in [0.717, 1.165) is 23.3 Å². The highest BCUT2D eigenvalue weighted by atomic mass is 35.5. The van der Waals surface area contributed by atoms with Crippen molar-refractivity contribution in [3.8, 4) is 5.75 Å². The Morgan fingerprint density at radius 1 is 1.10 bits per heavy atom. The molecule has 0 aliphatic rings. The molecular weight excluding hydrogens is 388 g/mol. The van der Waals surface area contributed by atoms with E-state index in [1.165, 1.54) is 0 Å². The lowest BCUT2D eigenvalue weighted by atomic mass is 10.1. The Labute approximate surface area is 178 Å². The van der Waals surface area contributed by atoms with Crippen molar-refractivity contribution in [3.63, 3.8) is 0 Å². The van der Waals surface area contributed by atoms with Gasteiger partial charge in [-0.25, -0.2) is 0 Å². The highest BCUT2D eigenvalue weighted by Crippen LogP contribution is 2.17. The average molecular weight is 417 g/mol. The predicted molar refractivity (Wildman–Crippen MR) is 116 cm³/mol. The summed E-state index contributed by atoms with van der Waals surface area (Å²) in [4.78, 5) is 27.5. The van der Waals surface area contributed by atoms with Crippen molar-refractivity contribution in [3.05, 3.63) is 64.7 Å². The first-order valence-corrected chi connectivity index (χ1v) is 10.2. The number of nitrogens with zero attached hydrogens (tertiary/aromatic N) is 1. The van der Waals surface area contributed by atoms with E-state index in [9.17, 15) is 9.59 Å². The fraction of sp³-hybridized carbons (Fsp3) is 0.391. The first-order chi connectivity index (χ1) is 13.8. The molecule has 156 valence electrons. The van der Waals surface area contributed by atoms with Crippen molar-refractivity contribution in [1.29, 1.82) is 0 Å². The van der Waals surface area contributed by atoms with Gasteiger partial charge < -0.3 is 15.0 Å². The summed E-state index contributed by atoms with van der Waals surface area (Å²) in [7, 11) is 1.61. The summed E-state index contributed by atoms with van der Waals surface area (Å²) in [6.07, 6.45) is 1.01. The summed E-state index contributed by atoms with van der Waals surface area (Å²) in [5, 5.41) is 3.55. The van der Waals surface area contributed by atoms with Crippen molar-refractivity contribution < 1.29 is 14.3 Å². The van der Waals surface area contributed by atoms with Gasteiger partial charge in [0.25, 0.3) is 0 Å². The Kier molecular flexibility index (Phi) is 8.52. The van der Waals surface area contributed by atoms with E-state index in [1.807, 2.05) is 50.2 Å². The number of hydrogen-bond acceptors (Lipinski definition) is 3. The highest BCUT2D eigenvalue weighted by Gasteiger charge is 2.26. The van der Waals surface area contributed by atoms with Crippen LogP contribution in [0.5, 0.6) is 5.75 Å². The SMILES string of the molecule is CC[C@@H](C)NC(=O)[C@@H](C)N(Cc1ccc(OC)cc1)C(=O)Cc1cccc(Cl)c1. The lowest BCUT2D eigenvalue weighted by molar-refractivity contribution is -0.140. The number of carbonyl (C=O) groups is 2. The first kappa shape index (κ1) is 22.8. The summed E-state index contributed by atoms with van der Waals surface area (Å²) in [6.45, 7) is 6.05. The molecular formula is C23H29ClN2O3. The Morgan fingerprint density at radius 3 is 2.38 bits per heavy atom. The fourth-order valence-electron chi connectivity index (χ4n) is 2.90. The van der Waals surface area contributed by atoms with E-state index >= 15 is 0 Å². The molecule has 6 heteroatoms. The van der Waals surface area contributed by atoms with Gasteiger partial charge >= 0.3 is 0 Å². The lowest BCUT2D eigenvalue weighted by Crippen LogP contribution is -2.49. The van der Waals surface area contributed by atoms with Gasteiger partial charge in [0.15, 0.2) is 0 Å². The second-order valence-electron chi connectivity index (χ2n) is 7.17. The van der Waals surface area contributed by atoms with Gasteiger partial charge in [-0.05, 0) is 55.7 Å². The zero-order valence-corrected chi connectivity index (χ0v) is 18.2. The first-order valence-electron chi connectivity index (χ1n) is 9.81. The Morgan fingerprint density at radius 2 is 1.79 bits per heavy atom. The molecule has 0 saturated carbocycles. The maximum Gasteiger partial charge on any atom is 0.242 e. The third-order valence-electron chi connectivity index (χ3n) is 4.92. The molecule has 2 aromatic carbocycles. The summed E-state index contributed by atoms with van der Waals surface area (Å²) >= 11 is 6.05. The number of halogens is 1. The van der Waals surface area contributed by atoms with Crippen LogP contribution < -0.4 is 10.1 Å². The molecule has 0 unspecified atom stereocenters. The van der Waals surface area contributed by atoms with Crippen LogP contribution in [0.3, 0.4) is 0 Å². The molecule has 2 rings (SSSR count). The normalized spacial score (nSPS) is 12.7. The average Bonchev–Trinajstić information content (AvgIpc) is 2.71. The molecule has 0 spiro atoms. The largest absolute Gasteiger partial charge is 0.497 e. The summed E-state index contributed by atoms with van der Waals surface area (Å²) in [5.41, 5.74) is 1.74. The van der Waals surface area contributed by atoms with Crippen LogP contribution in [0.1, 0.15) is 38.3 Å². The Balaban J connectivity index is 2.22. The van der Waals surface area contributed by atoms with Gasteiger partial charge in [-0.1, -0.05) is 42.8 Å². The summed E-state index contributed by atoms with van der Waals surface area (Å²) < 4.78 is 5.20. The molecule has 0 fully saturated rings. The van der Waals surface area contributed by atoms with E-state index < -0.39 is 6.04 Å². The molecule has 0 radical (unpaired) electrons. The molecule has 2 amide bonds. The number of hydrogen-bond donors (Lipinski definition) is 1.